The molecule has 0 bridgehead atoms. The first kappa shape index (κ1) is 13.6. The quantitative estimate of drug-likeness (QED) is 0.825. The zero-order valence-electron chi connectivity index (χ0n) is 10.8. The van der Waals surface area contributed by atoms with Crippen molar-refractivity contribution in [3.63, 3.8) is 0 Å². The molecule has 2 aromatic rings. The minimum Gasteiger partial charge on any atom is -0.397 e. The van der Waals surface area contributed by atoms with E-state index in [1.54, 1.807) is 6.07 Å². The van der Waals surface area contributed by atoms with Crippen molar-refractivity contribution in [2.45, 2.75) is 13.8 Å². The van der Waals surface area contributed by atoms with E-state index < -0.39 is 0 Å². The lowest BCUT2D eigenvalue weighted by atomic mass is 10.1. The molecule has 2 rings (SSSR count). The molecule has 3 N–H and O–H groups in total. The smallest absolute Gasteiger partial charge is 0.256 e. The van der Waals surface area contributed by atoms with Crippen molar-refractivity contribution in [2.75, 3.05) is 11.1 Å². The van der Waals surface area contributed by atoms with Gasteiger partial charge in [-0.3, -0.25) is 4.79 Å². The van der Waals surface area contributed by atoms with Crippen LogP contribution in [-0.4, -0.2) is 5.91 Å². The molecular formula is C15H15BrN2O. The number of carbonyl (C=O) groups excluding carboxylic acids is 1. The van der Waals surface area contributed by atoms with Crippen LogP contribution < -0.4 is 11.1 Å². The highest BCUT2D eigenvalue weighted by molar-refractivity contribution is 9.10. The van der Waals surface area contributed by atoms with E-state index in [2.05, 4.69) is 21.2 Å². The van der Waals surface area contributed by atoms with E-state index in [9.17, 15) is 4.79 Å². The summed E-state index contributed by atoms with van der Waals surface area (Å²) in [6, 6.07) is 11.1. The second-order valence-electron chi connectivity index (χ2n) is 4.46. The number of benzene rings is 2. The van der Waals surface area contributed by atoms with Gasteiger partial charge >= 0.3 is 0 Å². The standard InChI is InChI=1S/C15H15BrN2O/c1-9-6-7-14(13(17)8-9)18-15(19)11-4-3-5-12(16)10(11)2/h3-8H,17H2,1-2H3,(H,18,19). The Morgan fingerprint density at radius 1 is 1.21 bits per heavy atom. The fourth-order valence-electron chi connectivity index (χ4n) is 1.84. The van der Waals surface area contributed by atoms with E-state index in [1.807, 2.05) is 44.2 Å². The second-order valence-corrected chi connectivity index (χ2v) is 5.31. The Hall–Kier alpha value is -1.81. The number of carbonyl (C=O) groups is 1. The van der Waals surface area contributed by atoms with Crippen molar-refractivity contribution in [1.29, 1.82) is 0 Å². The van der Waals surface area contributed by atoms with Gasteiger partial charge in [-0.1, -0.05) is 28.1 Å². The molecule has 0 saturated carbocycles. The van der Waals surface area contributed by atoms with Gasteiger partial charge < -0.3 is 11.1 Å². The van der Waals surface area contributed by atoms with Crippen LogP contribution in [0.1, 0.15) is 21.5 Å². The molecule has 0 aliphatic heterocycles. The van der Waals surface area contributed by atoms with E-state index in [-0.39, 0.29) is 5.91 Å². The van der Waals surface area contributed by atoms with Gasteiger partial charge in [0, 0.05) is 10.0 Å². The largest absolute Gasteiger partial charge is 0.397 e. The number of anilines is 2. The second kappa shape index (κ2) is 5.45. The van der Waals surface area contributed by atoms with Gasteiger partial charge in [-0.05, 0) is 49.2 Å². The van der Waals surface area contributed by atoms with Gasteiger partial charge in [-0.15, -0.1) is 0 Å². The normalized spacial score (nSPS) is 10.3. The Balaban J connectivity index is 2.28. The average Bonchev–Trinajstić information content (AvgIpc) is 2.36. The lowest BCUT2D eigenvalue weighted by molar-refractivity contribution is 0.102. The fourth-order valence-corrected chi connectivity index (χ4v) is 2.21. The van der Waals surface area contributed by atoms with Gasteiger partial charge in [0.2, 0.25) is 0 Å². The molecule has 0 aliphatic carbocycles. The van der Waals surface area contributed by atoms with Crippen LogP contribution in [0.4, 0.5) is 11.4 Å². The molecule has 0 unspecified atom stereocenters. The third kappa shape index (κ3) is 2.96. The predicted molar refractivity (Wildman–Crippen MR) is 82.4 cm³/mol. The van der Waals surface area contributed by atoms with E-state index in [0.717, 1.165) is 15.6 Å². The third-order valence-corrected chi connectivity index (χ3v) is 3.83. The van der Waals surface area contributed by atoms with Crippen molar-refractivity contribution in [2.24, 2.45) is 0 Å². The van der Waals surface area contributed by atoms with Gasteiger partial charge in [-0.2, -0.15) is 0 Å². The summed E-state index contributed by atoms with van der Waals surface area (Å²) < 4.78 is 0.914. The van der Waals surface area contributed by atoms with Crippen molar-refractivity contribution in [3.8, 4) is 0 Å². The van der Waals surface area contributed by atoms with E-state index in [1.165, 1.54) is 0 Å². The highest BCUT2D eigenvalue weighted by atomic mass is 79.9. The highest BCUT2D eigenvalue weighted by Gasteiger charge is 2.12. The lowest BCUT2D eigenvalue weighted by Gasteiger charge is -2.11. The molecule has 4 heteroatoms. The number of rotatable bonds is 2. The van der Waals surface area contributed by atoms with Crippen LogP contribution >= 0.6 is 15.9 Å². The number of hydrogen-bond donors (Lipinski definition) is 2. The van der Waals surface area contributed by atoms with Crippen molar-refractivity contribution < 1.29 is 4.79 Å². The van der Waals surface area contributed by atoms with Crippen LogP contribution in [0.2, 0.25) is 0 Å². The van der Waals surface area contributed by atoms with E-state index >= 15 is 0 Å². The zero-order chi connectivity index (χ0) is 14.0. The molecule has 1 amide bonds. The SMILES string of the molecule is Cc1ccc(NC(=O)c2cccc(Br)c2C)c(N)c1. The number of aryl methyl sites for hydroxylation is 1. The Morgan fingerprint density at radius 2 is 1.95 bits per heavy atom. The summed E-state index contributed by atoms with van der Waals surface area (Å²) in [5, 5.41) is 2.84. The maximum atomic E-state index is 12.2. The van der Waals surface area contributed by atoms with Crippen molar-refractivity contribution >= 4 is 33.2 Å². The summed E-state index contributed by atoms with van der Waals surface area (Å²) in [5.74, 6) is -0.158. The van der Waals surface area contributed by atoms with Crippen molar-refractivity contribution in [3.05, 3.63) is 57.6 Å². The van der Waals surface area contributed by atoms with E-state index in [4.69, 9.17) is 5.73 Å². The molecule has 0 fully saturated rings. The maximum absolute atomic E-state index is 12.2. The summed E-state index contributed by atoms with van der Waals surface area (Å²) in [5.41, 5.74) is 9.70. The van der Waals surface area contributed by atoms with Crippen LogP contribution in [0.5, 0.6) is 0 Å². The van der Waals surface area contributed by atoms with Crippen LogP contribution in [-0.2, 0) is 0 Å². The Morgan fingerprint density at radius 3 is 2.63 bits per heavy atom. The van der Waals surface area contributed by atoms with Crippen LogP contribution in [0.3, 0.4) is 0 Å². The fraction of sp³-hybridized carbons (Fsp3) is 0.133. The van der Waals surface area contributed by atoms with Crippen LogP contribution in [0.15, 0.2) is 40.9 Å². The summed E-state index contributed by atoms with van der Waals surface area (Å²) in [6.07, 6.45) is 0. The lowest BCUT2D eigenvalue weighted by Crippen LogP contribution is -2.14. The molecule has 3 nitrogen and oxygen atoms in total. The molecule has 19 heavy (non-hydrogen) atoms. The molecule has 98 valence electrons. The first-order chi connectivity index (χ1) is 8.99. The first-order valence-electron chi connectivity index (χ1n) is 5.91. The van der Waals surface area contributed by atoms with Gasteiger partial charge in [0.15, 0.2) is 0 Å². The van der Waals surface area contributed by atoms with Crippen LogP contribution in [0.25, 0.3) is 0 Å². The summed E-state index contributed by atoms with van der Waals surface area (Å²) in [4.78, 5) is 12.2. The Kier molecular flexibility index (Phi) is 3.90. The molecule has 0 heterocycles. The number of halogens is 1. The minimum atomic E-state index is -0.158. The molecule has 0 atom stereocenters. The van der Waals surface area contributed by atoms with Gasteiger partial charge in [0.05, 0.1) is 11.4 Å². The van der Waals surface area contributed by atoms with Gasteiger partial charge in [0.1, 0.15) is 0 Å². The first-order valence-corrected chi connectivity index (χ1v) is 6.71. The van der Waals surface area contributed by atoms with Gasteiger partial charge in [0.25, 0.3) is 5.91 Å². The van der Waals surface area contributed by atoms with Gasteiger partial charge in [-0.25, -0.2) is 0 Å². The van der Waals surface area contributed by atoms with E-state index in [0.29, 0.717) is 16.9 Å². The summed E-state index contributed by atoms with van der Waals surface area (Å²) >= 11 is 3.42. The summed E-state index contributed by atoms with van der Waals surface area (Å²) in [7, 11) is 0. The molecule has 0 aliphatic rings. The molecule has 0 radical (unpaired) electrons. The molecule has 0 saturated heterocycles. The Bertz CT molecular complexity index is 638. The molecular weight excluding hydrogens is 304 g/mol. The Labute approximate surface area is 121 Å². The monoisotopic (exact) mass is 318 g/mol. The molecule has 2 aromatic carbocycles. The topological polar surface area (TPSA) is 55.1 Å². The number of nitrogen functional groups attached to an aromatic ring is 1. The number of nitrogens with one attached hydrogen (secondary N) is 1. The zero-order valence-corrected chi connectivity index (χ0v) is 12.4. The highest BCUT2D eigenvalue weighted by Crippen LogP contribution is 2.23. The average molecular weight is 319 g/mol. The number of nitrogens with two attached hydrogens (primary N) is 1. The number of hydrogen-bond acceptors (Lipinski definition) is 2. The molecule has 0 spiro atoms. The summed E-state index contributed by atoms with van der Waals surface area (Å²) in [6.45, 7) is 3.86. The van der Waals surface area contributed by atoms with Crippen LogP contribution in [0, 0.1) is 13.8 Å². The minimum absolute atomic E-state index is 0.158. The maximum Gasteiger partial charge on any atom is 0.256 e. The predicted octanol–water partition coefficient (Wildman–Crippen LogP) is 3.90. The van der Waals surface area contributed by atoms with Crippen molar-refractivity contribution in [1.82, 2.24) is 0 Å². The number of amides is 1. The third-order valence-electron chi connectivity index (χ3n) is 2.97. The molecule has 0 aromatic heterocycles.